The number of anilines is 2. The van der Waals surface area contributed by atoms with Crippen molar-refractivity contribution in [3.63, 3.8) is 0 Å². The summed E-state index contributed by atoms with van der Waals surface area (Å²) < 4.78 is 0. The maximum atomic E-state index is 12.5. The minimum Gasteiger partial charge on any atom is -0.481 e. The van der Waals surface area contributed by atoms with E-state index in [-0.39, 0.29) is 17.7 Å². The van der Waals surface area contributed by atoms with Crippen molar-refractivity contribution in [1.82, 2.24) is 0 Å². The van der Waals surface area contributed by atoms with Gasteiger partial charge in [-0.25, -0.2) is 0 Å². The number of aliphatic carboxylic acids is 1. The summed E-state index contributed by atoms with van der Waals surface area (Å²) >= 11 is 0. The third-order valence-corrected chi connectivity index (χ3v) is 4.40. The fourth-order valence-electron chi connectivity index (χ4n) is 2.72. The zero-order valence-corrected chi connectivity index (χ0v) is 16.6. The Morgan fingerprint density at radius 3 is 2.14 bits per heavy atom. The summed E-state index contributed by atoms with van der Waals surface area (Å²) in [6.07, 6.45) is 0.443. The van der Waals surface area contributed by atoms with Gasteiger partial charge in [-0.1, -0.05) is 26.0 Å². The molecule has 0 spiro atoms. The number of amides is 2. The van der Waals surface area contributed by atoms with Crippen molar-refractivity contribution in [2.75, 3.05) is 10.6 Å². The highest BCUT2D eigenvalue weighted by Crippen LogP contribution is 2.21. The quantitative estimate of drug-likeness (QED) is 0.660. The van der Waals surface area contributed by atoms with Crippen LogP contribution in [-0.4, -0.2) is 22.9 Å². The van der Waals surface area contributed by atoms with E-state index in [1.165, 1.54) is 0 Å². The highest BCUT2D eigenvalue weighted by molar-refractivity contribution is 6.05. The molecule has 0 aliphatic heterocycles. The van der Waals surface area contributed by atoms with Crippen molar-refractivity contribution in [3.05, 3.63) is 59.2 Å². The van der Waals surface area contributed by atoms with E-state index >= 15 is 0 Å². The average Bonchev–Trinajstić information content (AvgIpc) is 2.62. The zero-order chi connectivity index (χ0) is 20.8. The number of hydrogen-bond acceptors (Lipinski definition) is 3. The molecule has 6 heteroatoms. The summed E-state index contributed by atoms with van der Waals surface area (Å²) in [6.45, 7) is 7.41. The average molecular weight is 382 g/mol. The number of carbonyl (C=O) groups excluding carboxylic acids is 2. The van der Waals surface area contributed by atoms with Gasteiger partial charge >= 0.3 is 5.97 Å². The van der Waals surface area contributed by atoms with Crippen molar-refractivity contribution >= 4 is 29.2 Å². The molecule has 2 amide bonds. The van der Waals surface area contributed by atoms with E-state index < -0.39 is 11.9 Å². The van der Waals surface area contributed by atoms with Crippen molar-refractivity contribution in [1.29, 1.82) is 0 Å². The largest absolute Gasteiger partial charge is 0.481 e. The molecular weight excluding hydrogens is 356 g/mol. The van der Waals surface area contributed by atoms with Gasteiger partial charge in [0.25, 0.3) is 5.91 Å². The molecule has 0 bridgehead atoms. The third kappa shape index (κ3) is 5.67. The second-order valence-corrected chi connectivity index (χ2v) is 7.31. The Morgan fingerprint density at radius 2 is 1.61 bits per heavy atom. The molecule has 28 heavy (non-hydrogen) atoms. The van der Waals surface area contributed by atoms with Crippen LogP contribution in [0.1, 0.15) is 54.6 Å². The van der Waals surface area contributed by atoms with Crippen LogP contribution in [0.15, 0.2) is 42.5 Å². The number of nitrogens with one attached hydrogen (secondary N) is 2. The predicted octanol–water partition coefficient (Wildman–Crippen LogP) is 4.42. The number of carbonyl (C=O) groups is 3. The molecular formula is C22H26N2O4. The normalized spacial score (nSPS) is 11.8. The van der Waals surface area contributed by atoms with E-state index in [0.29, 0.717) is 28.9 Å². The smallest absolute Gasteiger partial charge is 0.310 e. The van der Waals surface area contributed by atoms with E-state index in [1.54, 1.807) is 49.4 Å². The molecule has 0 aliphatic carbocycles. The molecule has 0 saturated carbocycles. The van der Waals surface area contributed by atoms with Gasteiger partial charge in [-0.05, 0) is 61.2 Å². The predicted molar refractivity (Wildman–Crippen MR) is 110 cm³/mol. The number of hydrogen-bond donors (Lipinski definition) is 3. The molecule has 0 saturated heterocycles. The van der Waals surface area contributed by atoms with Crippen LogP contribution in [0.2, 0.25) is 0 Å². The Balaban J connectivity index is 2.05. The molecule has 2 aromatic rings. The van der Waals surface area contributed by atoms with Gasteiger partial charge in [0.1, 0.15) is 0 Å². The summed E-state index contributed by atoms with van der Waals surface area (Å²) in [7, 11) is 0. The standard InChI is InChI=1S/C22H26N2O4/c1-13(2)11-20(25)24-19-10-7-17(12-14(19)3)21(26)23-18-8-5-16(6-9-18)15(4)22(27)28/h5-10,12-13,15H,11H2,1-4H3,(H,23,26)(H,24,25)(H,27,28). The zero-order valence-electron chi connectivity index (χ0n) is 16.6. The fraction of sp³-hybridized carbons (Fsp3) is 0.318. The van der Waals surface area contributed by atoms with E-state index in [9.17, 15) is 14.4 Å². The summed E-state index contributed by atoms with van der Waals surface area (Å²) in [5, 5.41) is 14.7. The van der Waals surface area contributed by atoms with Crippen LogP contribution in [0.25, 0.3) is 0 Å². The molecule has 0 fully saturated rings. The monoisotopic (exact) mass is 382 g/mol. The Bertz CT molecular complexity index is 873. The highest BCUT2D eigenvalue weighted by Gasteiger charge is 2.14. The number of rotatable bonds is 7. The topological polar surface area (TPSA) is 95.5 Å². The van der Waals surface area contributed by atoms with Gasteiger partial charge in [-0.3, -0.25) is 14.4 Å². The van der Waals surface area contributed by atoms with Gasteiger partial charge < -0.3 is 15.7 Å². The molecule has 3 N–H and O–H groups in total. The lowest BCUT2D eigenvalue weighted by atomic mass is 10.0. The van der Waals surface area contributed by atoms with Crippen LogP contribution < -0.4 is 10.6 Å². The Kier molecular flexibility index (Phi) is 6.93. The summed E-state index contributed by atoms with van der Waals surface area (Å²) in [4.78, 5) is 35.4. The van der Waals surface area contributed by atoms with E-state index in [1.807, 2.05) is 20.8 Å². The molecule has 148 valence electrons. The number of aryl methyl sites for hydroxylation is 1. The Morgan fingerprint density at radius 1 is 0.964 bits per heavy atom. The lowest BCUT2D eigenvalue weighted by Crippen LogP contribution is -2.16. The molecule has 0 heterocycles. The first kappa shape index (κ1) is 21.2. The molecule has 6 nitrogen and oxygen atoms in total. The van der Waals surface area contributed by atoms with Gasteiger partial charge in [0.05, 0.1) is 5.92 Å². The third-order valence-electron chi connectivity index (χ3n) is 4.40. The molecule has 0 aliphatic rings. The summed E-state index contributed by atoms with van der Waals surface area (Å²) in [5.41, 5.74) is 3.22. The van der Waals surface area contributed by atoms with Crippen LogP contribution >= 0.6 is 0 Å². The first-order valence-corrected chi connectivity index (χ1v) is 9.22. The fourth-order valence-corrected chi connectivity index (χ4v) is 2.72. The molecule has 1 unspecified atom stereocenters. The van der Waals surface area contributed by atoms with Crippen molar-refractivity contribution in [2.45, 2.75) is 40.0 Å². The van der Waals surface area contributed by atoms with Crippen molar-refractivity contribution in [2.24, 2.45) is 5.92 Å². The van der Waals surface area contributed by atoms with Crippen LogP contribution in [0.4, 0.5) is 11.4 Å². The first-order chi connectivity index (χ1) is 13.2. The van der Waals surface area contributed by atoms with Gasteiger partial charge in [0, 0.05) is 23.4 Å². The highest BCUT2D eigenvalue weighted by atomic mass is 16.4. The van der Waals surface area contributed by atoms with Crippen molar-refractivity contribution < 1.29 is 19.5 Å². The van der Waals surface area contributed by atoms with Crippen molar-refractivity contribution in [3.8, 4) is 0 Å². The molecule has 0 aromatic heterocycles. The van der Waals surface area contributed by atoms with E-state index in [4.69, 9.17) is 5.11 Å². The number of benzene rings is 2. The lowest BCUT2D eigenvalue weighted by Gasteiger charge is -2.12. The maximum Gasteiger partial charge on any atom is 0.310 e. The van der Waals surface area contributed by atoms with E-state index in [0.717, 1.165) is 5.56 Å². The lowest BCUT2D eigenvalue weighted by molar-refractivity contribution is -0.138. The Hall–Kier alpha value is -3.15. The number of carboxylic acids is 1. The minimum atomic E-state index is -0.896. The second-order valence-electron chi connectivity index (χ2n) is 7.31. The van der Waals surface area contributed by atoms with Gasteiger partial charge in [0.2, 0.25) is 5.91 Å². The SMILES string of the molecule is Cc1cc(C(=O)Nc2ccc(C(C)C(=O)O)cc2)ccc1NC(=O)CC(C)C. The van der Waals surface area contributed by atoms with Gasteiger partial charge in [0.15, 0.2) is 0 Å². The van der Waals surface area contributed by atoms with Gasteiger partial charge in [-0.2, -0.15) is 0 Å². The van der Waals surface area contributed by atoms with Crippen LogP contribution in [0.5, 0.6) is 0 Å². The molecule has 2 aromatic carbocycles. The number of carboxylic acid groups (broad SMARTS) is 1. The second kappa shape index (κ2) is 9.17. The summed E-state index contributed by atoms with van der Waals surface area (Å²) in [5.74, 6) is -1.55. The van der Waals surface area contributed by atoms with Crippen LogP contribution in [0, 0.1) is 12.8 Å². The van der Waals surface area contributed by atoms with Gasteiger partial charge in [-0.15, -0.1) is 0 Å². The maximum absolute atomic E-state index is 12.5. The molecule has 1 atom stereocenters. The molecule has 2 rings (SSSR count). The van der Waals surface area contributed by atoms with Crippen LogP contribution in [0.3, 0.4) is 0 Å². The summed E-state index contributed by atoms with van der Waals surface area (Å²) in [6, 6.07) is 11.8. The molecule has 0 radical (unpaired) electrons. The van der Waals surface area contributed by atoms with Crippen LogP contribution in [-0.2, 0) is 9.59 Å². The minimum absolute atomic E-state index is 0.0500. The Labute approximate surface area is 165 Å². The first-order valence-electron chi connectivity index (χ1n) is 9.22. The van der Waals surface area contributed by atoms with E-state index in [2.05, 4.69) is 10.6 Å².